The Labute approximate surface area is 96.2 Å². The fourth-order valence-corrected chi connectivity index (χ4v) is 2.22. The van der Waals surface area contributed by atoms with E-state index in [1.165, 1.54) is 0 Å². The Hall–Kier alpha value is -1.27. The van der Waals surface area contributed by atoms with Crippen LogP contribution in [0.3, 0.4) is 0 Å². The van der Waals surface area contributed by atoms with E-state index >= 15 is 0 Å². The number of carbonyl (C=O) groups is 2. The van der Waals surface area contributed by atoms with Crippen molar-refractivity contribution in [2.75, 3.05) is 0 Å². The van der Waals surface area contributed by atoms with E-state index in [1.54, 1.807) is 12.2 Å². The molecule has 2 N–H and O–H groups in total. The van der Waals surface area contributed by atoms with Crippen molar-refractivity contribution in [3.05, 3.63) is 0 Å². The van der Waals surface area contributed by atoms with Gasteiger partial charge in [0, 0.05) is 0 Å². The van der Waals surface area contributed by atoms with E-state index in [2.05, 4.69) is 0 Å². The van der Waals surface area contributed by atoms with Gasteiger partial charge in [0.25, 0.3) is 0 Å². The van der Waals surface area contributed by atoms with Crippen molar-refractivity contribution in [2.45, 2.75) is 44.8 Å². The van der Waals surface area contributed by atoms with Crippen LogP contribution in [0.15, 0.2) is 0 Å². The Morgan fingerprint density at radius 3 is 2.12 bits per heavy atom. The van der Waals surface area contributed by atoms with E-state index in [0.29, 0.717) is 12.8 Å². The standard InChI is InChI=1S/C10H14F3NO3/c1-9(4-2-3-5-9)6(7(15)16)14-8(17)10(11,12)13/h6H,2-5H2,1H3,(H,14,17)(H,15,16). The number of carboxylic acid groups (broad SMARTS) is 1. The van der Waals surface area contributed by atoms with Crippen LogP contribution in [0.25, 0.3) is 0 Å². The van der Waals surface area contributed by atoms with Gasteiger partial charge in [0.2, 0.25) is 0 Å². The molecule has 1 amide bonds. The van der Waals surface area contributed by atoms with Crippen LogP contribution in [0.5, 0.6) is 0 Å². The van der Waals surface area contributed by atoms with Crippen molar-refractivity contribution >= 4 is 11.9 Å². The van der Waals surface area contributed by atoms with Gasteiger partial charge < -0.3 is 10.4 Å². The first-order chi connectivity index (χ1) is 7.67. The SMILES string of the molecule is CC1(C(NC(=O)C(F)(F)F)C(=O)O)CCCC1. The van der Waals surface area contributed by atoms with Crippen LogP contribution in [0, 0.1) is 5.41 Å². The van der Waals surface area contributed by atoms with Crippen molar-refractivity contribution in [1.82, 2.24) is 5.32 Å². The summed E-state index contributed by atoms with van der Waals surface area (Å²) < 4.78 is 36.2. The maximum atomic E-state index is 12.1. The Bertz CT molecular complexity index is 321. The highest BCUT2D eigenvalue weighted by atomic mass is 19.4. The molecule has 1 aliphatic carbocycles. The van der Waals surface area contributed by atoms with Crippen LogP contribution in [-0.4, -0.2) is 29.2 Å². The maximum Gasteiger partial charge on any atom is 0.471 e. The number of hydrogen-bond donors (Lipinski definition) is 2. The number of alkyl halides is 3. The molecule has 0 bridgehead atoms. The van der Waals surface area contributed by atoms with E-state index in [9.17, 15) is 22.8 Å². The predicted octanol–water partition coefficient (Wildman–Crippen LogP) is 1.70. The topological polar surface area (TPSA) is 66.4 Å². The number of hydrogen-bond acceptors (Lipinski definition) is 2. The minimum Gasteiger partial charge on any atom is -0.480 e. The summed E-state index contributed by atoms with van der Waals surface area (Å²) in [7, 11) is 0. The lowest BCUT2D eigenvalue weighted by Crippen LogP contribution is -2.53. The highest BCUT2D eigenvalue weighted by Crippen LogP contribution is 2.40. The van der Waals surface area contributed by atoms with E-state index in [1.807, 2.05) is 0 Å². The molecule has 4 nitrogen and oxygen atoms in total. The first-order valence-electron chi connectivity index (χ1n) is 5.27. The van der Waals surface area contributed by atoms with Crippen molar-refractivity contribution < 1.29 is 27.9 Å². The van der Waals surface area contributed by atoms with Gasteiger partial charge in [-0.15, -0.1) is 0 Å². The lowest BCUT2D eigenvalue weighted by molar-refractivity contribution is -0.176. The predicted molar refractivity (Wildman–Crippen MR) is 52.2 cm³/mol. The Morgan fingerprint density at radius 1 is 1.29 bits per heavy atom. The van der Waals surface area contributed by atoms with Gasteiger partial charge in [-0.1, -0.05) is 19.8 Å². The van der Waals surface area contributed by atoms with Crippen molar-refractivity contribution in [3.63, 3.8) is 0 Å². The molecule has 0 aromatic carbocycles. The number of carboxylic acids is 1. The maximum absolute atomic E-state index is 12.1. The van der Waals surface area contributed by atoms with Crippen molar-refractivity contribution in [1.29, 1.82) is 0 Å². The van der Waals surface area contributed by atoms with Crippen molar-refractivity contribution in [2.24, 2.45) is 5.41 Å². The third-order valence-electron chi connectivity index (χ3n) is 3.22. The number of halogens is 3. The zero-order valence-corrected chi connectivity index (χ0v) is 9.30. The largest absolute Gasteiger partial charge is 0.480 e. The van der Waals surface area contributed by atoms with Crippen molar-refractivity contribution in [3.8, 4) is 0 Å². The molecule has 0 aromatic heterocycles. The third kappa shape index (κ3) is 3.10. The summed E-state index contributed by atoms with van der Waals surface area (Å²) in [5, 5.41) is 10.5. The average molecular weight is 253 g/mol. The van der Waals surface area contributed by atoms with E-state index < -0.39 is 29.5 Å². The fraction of sp³-hybridized carbons (Fsp3) is 0.800. The van der Waals surface area contributed by atoms with Crippen LogP contribution in [0.1, 0.15) is 32.6 Å². The number of rotatable bonds is 3. The van der Waals surface area contributed by atoms with Crippen LogP contribution in [-0.2, 0) is 9.59 Å². The molecule has 0 spiro atoms. The van der Waals surface area contributed by atoms with Gasteiger partial charge in [0.15, 0.2) is 0 Å². The molecule has 0 saturated heterocycles. The molecule has 98 valence electrons. The Morgan fingerprint density at radius 2 is 1.76 bits per heavy atom. The summed E-state index contributed by atoms with van der Waals surface area (Å²) in [5.74, 6) is -3.62. The van der Waals surface area contributed by atoms with Gasteiger partial charge in [0.05, 0.1) is 0 Å². The summed E-state index contributed by atoms with van der Waals surface area (Å²) in [4.78, 5) is 21.8. The highest BCUT2D eigenvalue weighted by Gasteiger charge is 2.47. The minimum atomic E-state index is -5.05. The van der Waals surface area contributed by atoms with Gasteiger partial charge in [-0.25, -0.2) is 4.79 Å². The Kier molecular flexibility index (Phi) is 3.68. The second-order valence-electron chi connectivity index (χ2n) is 4.60. The zero-order chi connectivity index (χ0) is 13.3. The molecule has 0 heterocycles. The normalized spacial score (nSPS) is 20.9. The monoisotopic (exact) mass is 253 g/mol. The van der Waals surface area contributed by atoms with Gasteiger partial charge >= 0.3 is 18.1 Å². The summed E-state index contributed by atoms with van der Waals surface area (Å²) in [6.07, 6.45) is -2.52. The second-order valence-corrected chi connectivity index (χ2v) is 4.60. The van der Waals surface area contributed by atoms with Gasteiger partial charge in [-0.3, -0.25) is 4.79 Å². The summed E-state index contributed by atoms with van der Waals surface area (Å²) in [6.45, 7) is 1.59. The molecule has 0 radical (unpaired) electrons. The summed E-state index contributed by atoms with van der Waals surface area (Å²) in [6, 6.07) is -1.49. The quantitative estimate of drug-likeness (QED) is 0.804. The van der Waals surface area contributed by atoms with Crippen LogP contribution in [0.2, 0.25) is 0 Å². The van der Waals surface area contributed by atoms with Gasteiger partial charge in [0.1, 0.15) is 6.04 Å². The smallest absolute Gasteiger partial charge is 0.471 e. The molecule has 1 unspecified atom stereocenters. The highest BCUT2D eigenvalue weighted by molar-refractivity contribution is 5.87. The zero-order valence-electron chi connectivity index (χ0n) is 9.30. The second kappa shape index (κ2) is 4.54. The number of nitrogens with one attached hydrogen (secondary N) is 1. The molecule has 1 rings (SSSR count). The first-order valence-corrected chi connectivity index (χ1v) is 5.27. The molecule has 1 fully saturated rings. The summed E-state index contributed by atoms with van der Waals surface area (Å²) in [5.41, 5.74) is -0.799. The van der Waals surface area contributed by atoms with E-state index in [0.717, 1.165) is 12.8 Å². The molecule has 7 heteroatoms. The van der Waals surface area contributed by atoms with Gasteiger partial charge in [-0.2, -0.15) is 13.2 Å². The molecular weight excluding hydrogens is 239 g/mol. The van der Waals surface area contributed by atoms with Crippen LogP contribution < -0.4 is 5.32 Å². The Balaban J connectivity index is 2.81. The van der Waals surface area contributed by atoms with E-state index in [4.69, 9.17) is 5.11 Å². The average Bonchev–Trinajstić information content (AvgIpc) is 2.59. The van der Waals surface area contributed by atoms with E-state index in [-0.39, 0.29) is 0 Å². The minimum absolute atomic E-state index is 0.502. The first kappa shape index (κ1) is 13.8. The molecule has 1 saturated carbocycles. The third-order valence-corrected chi connectivity index (χ3v) is 3.22. The molecule has 17 heavy (non-hydrogen) atoms. The lowest BCUT2D eigenvalue weighted by atomic mass is 9.80. The molecule has 0 aromatic rings. The molecule has 0 aliphatic heterocycles. The van der Waals surface area contributed by atoms with Crippen LogP contribution in [0.4, 0.5) is 13.2 Å². The lowest BCUT2D eigenvalue weighted by Gasteiger charge is -2.31. The molecule has 1 atom stereocenters. The fourth-order valence-electron chi connectivity index (χ4n) is 2.22. The van der Waals surface area contributed by atoms with Gasteiger partial charge in [-0.05, 0) is 18.3 Å². The number of carbonyl (C=O) groups excluding carboxylic acids is 1. The molecule has 1 aliphatic rings. The van der Waals surface area contributed by atoms with Crippen LogP contribution >= 0.6 is 0 Å². The number of amides is 1. The summed E-state index contributed by atoms with van der Waals surface area (Å²) >= 11 is 0. The number of aliphatic carboxylic acids is 1. The molecular formula is C10H14F3NO3.